The number of carboxylic acid groups (broad SMARTS) is 1. The molecule has 0 radical (unpaired) electrons. The van der Waals surface area contributed by atoms with Gasteiger partial charge in [-0.05, 0) is 24.2 Å². The molecule has 1 aromatic carbocycles. The van der Waals surface area contributed by atoms with Crippen LogP contribution in [0.1, 0.15) is 25.0 Å². The van der Waals surface area contributed by atoms with Crippen LogP contribution >= 0.6 is 0 Å². The number of methoxy groups -OCH3 is 2. The normalized spacial score (nSPS) is 13.6. The smallest absolute Gasteiger partial charge is 0.305 e. The van der Waals surface area contributed by atoms with Crippen molar-refractivity contribution < 1.29 is 24.5 Å². The van der Waals surface area contributed by atoms with Crippen LogP contribution < -0.4 is 14.8 Å². The van der Waals surface area contributed by atoms with Gasteiger partial charge in [-0.2, -0.15) is 0 Å². The SMILES string of the molecule is CCNC(CC(=O)O)C(O)c1ccc(OC)c(OC)c1. The van der Waals surface area contributed by atoms with Crippen LogP contribution in [-0.4, -0.2) is 43.0 Å². The Kier molecular flexibility index (Phi) is 6.27. The van der Waals surface area contributed by atoms with Crippen LogP contribution in [-0.2, 0) is 4.79 Å². The third kappa shape index (κ3) is 4.11. The van der Waals surface area contributed by atoms with Crippen molar-refractivity contribution >= 4 is 5.97 Å². The molecule has 2 unspecified atom stereocenters. The number of hydrogen-bond donors (Lipinski definition) is 3. The monoisotopic (exact) mass is 283 g/mol. The number of aliphatic hydroxyl groups is 1. The average Bonchev–Trinajstić information content (AvgIpc) is 2.44. The zero-order valence-corrected chi connectivity index (χ0v) is 11.9. The molecule has 112 valence electrons. The molecule has 0 aliphatic heterocycles. The number of benzene rings is 1. The van der Waals surface area contributed by atoms with Gasteiger partial charge in [-0.15, -0.1) is 0 Å². The van der Waals surface area contributed by atoms with Crippen LogP contribution in [0, 0.1) is 0 Å². The van der Waals surface area contributed by atoms with Crippen molar-refractivity contribution in [1.29, 1.82) is 0 Å². The molecular weight excluding hydrogens is 262 g/mol. The molecule has 0 heterocycles. The number of rotatable bonds is 8. The van der Waals surface area contributed by atoms with Gasteiger partial charge in [-0.25, -0.2) is 0 Å². The Labute approximate surface area is 118 Å². The molecule has 3 N–H and O–H groups in total. The van der Waals surface area contributed by atoms with Gasteiger partial charge in [-0.3, -0.25) is 4.79 Å². The van der Waals surface area contributed by atoms with Gasteiger partial charge in [0, 0.05) is 6.04 Å². The van der Waals surface area contributed by atoms with E-state index in [-0.39, 0.29) is 6.42 Å². The highest BCUT2D eigenvalue weighted by molar-refractivity contribution is 5.67. The lowest BCUT2D eigenvalue weighted by Gasteiger charge is -2.23. The van der Waals surface area contributed by atoms with Crippen LogP contribution in [0.3, 0.4) is 0 Å². The minimum absolute atomic E-state index is 0.163. The van der Waals surface area contributed by atoms with E-state index in [0.717, 1.165) is 0 Å². The van der Waals surface area contributed by atoms with E-state index in [1.807, 2.05) is 6.92 Å². The lowest BCUT2D eigenvalue weighted by atomic mass is 9.99. The van der Waals surface area contributed by atoms with E-state index in [0.29, 0.717) is 23.6 Å². The lowest BCUT2D eigenvalue weighted by molar-refractivity contribution is -0.138. The molecule has 0 spiro atoms. The van der Waals surface area contributed by atoms with Crippen molar-refractivity contribution in [3.05, 3.63) is 23.8 Å². The average molecular weight is 283 g/mol. The largest absolute Gasteiger partial charge is 0.493 e. The molecule has 0 amide bonds. The number of ether oxygens (including phenoxy) is 2. The fourth-order valence-corrected chi connectivity index (χ4v) is 2.01. The zero-order chi connectivity index (χ0) is 15.1. The molecule has 0 aliphatic carbocycles. The van der Waals surface area contributed by atoms with Gasteiger partial charge in [0.25, 0.3) is 0 Å². The van der Waals surface area contributed by atoms with Crippen LogP contribution in [0.25, 0.3) is 0 Å². The molecule has 0 saturated heterocycles. The molecule has 0 bridgehead atoms. The fourth-order valence-electron chi connectivity index (χ4n) is 2.01. The van der Waals surface area contributed by atoms with E-state index in [9.17, 15) is 9.90 Å². The summed E-state index contributed by atoms with van der Waals surface area (Å²) in [6, 6.07) is 4.46. The minimum Gasteiger partial charge on any atom is -0.493 e. The summed E-state index contributed by atoms with van der Waals surface area (Å²) in [5, 5.41) is 22.2. The van der Waals surface area contributed by atoms with E-state index >= 15 is 0 Å². The Morgan fingerprint density at radius 3 is 2.45 bits per heavy atom. The van der Waals surface area contributed by atoms with Gasteiger partial charge in [0.1, 0.15) is 0 Å². The number of likely N-dealkylation sites (N-methyl/N-ethyl adjacent to an activating group) is 1. The Morgan fingerprint density at radius 1 is 1.30 bits per heavy atom. The van der Waals surface area contributed by atoms with Crippen molar-refractivity contribution in [2.45, 2.75) is 25.5 Å². The maximum absolute atomic E-state index is 10.8. The van der Waals surface area contributed by atoms with Crippen LogP contribution in [0.2, 0.25) is 0 Å². The second-order valence-electron chi connectivity index (χ2n) is 4.32. The topological polar surface area (TPSA) is 88.0 Å². The summed E-state index contributed by atoms with van der Waals surface area (Å²) in [6.45, 7) is 2.43. The molecule has 1 aromatic rings. The summed E-state index contributed by atoms with van der Waals surface area (Å²) in [6.07, 6.45) is -1.10. The maximum atomic E-state index is 10.8. The first-order valence-electron chi connectivity index (χ1n) is 6.38. The zero-order valence-electron chi connectivity index (χ0n) is 11.9. The van der Waals surface area contributed by atoms with Crippen molar-refractivity contribution in [3.63, 3.8) is 0 Å². The molecule has 6 heteroatoms. The van der Waals surface area contributed by atoms with Gasteiger partial charge in [-0.1, -0.05) is 13.0 Å². The van der Waals surface area contributed by atoms with Gasteiger partial charge in [0.05, 0.1) is 26.7 Å². The van der Waals surface area contributed by atoms with E-state index in [1.54, 1.807) is 18.2 Å². The Bertz CT molecular complexity index is 449. The highest BCUT2D eigenvalue weighted by Gasteiger charge is 2.23. The molecule has 0 aliphatic rings. The summed E-state index contributed by atoms with van der Waals surface area (Å²) in [5.41, 5.74) is 0.579. The summed E-state index contributed by atoms with van der Waals surface area (Å²) in [4.78, 5) is 10.8. The number of nitrogens with one attached hydrogen (secondary N) is 1. The predicted molar refractivity (Wildman–Crippen MR) is 74.2 cm³/mol. The number of carboxylic acids is 1. The summed E-state index contributed by atoms with van der Waals surface area (Å²) in [5.74, 6) is 0.0896. The highest BCUT2D eigenvalue weighted by atomic mass is 16.5. The van der Waals surface area contributed by atoms with E-state index < -0.39 is 18.1 Å². The fraction of sp³-hybridized carbons (Fsp3) is 0.500. The third-order valence-corrected chi connectivity index (χ3v) is 2.99. The van der Waals surface area contributed by atoms with E-state index in [2.05, 4.69) is 5.32 Å². The molecule has 6 nitrogen and oxygen atoms in total. The summed E-state index contributed by atoms with van der Waals surface area (Å²) < 4.78 is 10.3. The lowest BCUT2D eigenvalue weighted by Crippen LogP contribution is -2.36. The van der Waals surface area contributed by atoms with Crippen molar-refractivity contribution in [3.8, 4) is 11.5 Å². The highest BCUT2D eigenvalue weighted by Crippen LogP contribution is 2.31. The molecule has 2 atom stereocenters. The standard InChI is InChI=1S/C14H21NO5/c1-4-15-10(8-13(16)17)14(18)9-5-6-11(19-2)12(7-9)20-3/h5-7,10,14-15,18H,4,8H2,1-3H3,(H,16,17). The molecule has 1 rings (SSSR count). The van der Waals surface area contributed by atoms with Gasteiger partial charge in [0.15, 0.2) is 11.5 Å². The van der Waals surface area contributed by atoms with Gasteiger partial charge >= 0.3 is 5.97 Å². The Morgan fingerprint density at radius 2 is 1.95 bits per heavy atom. The van der Waals surface area contributed by atoms with E-state index in [4.69, 9.17) is 14.6 Å². The Hall–Kier alpha value is -1.79. The Balaban J connectivity index is 2.98. The molecule has 20 heavy (non-hydrogen) atoms. The first kappa shape index (κ1) is 16.3. The van der Waals surface area contributed by atoms with Crippen molar-refractivity contribution in [2.24, 2.45) is 0 Å². The summed E-state index contributed by atoms with van der Waals surface area (Å²) in [7, 11) is 3.03. The first-order valence-corrected chi connectivity index (χ1v) is 6.38. The van der Waals surface area contributed by atoms with Crippen LogP contribution in [0.4, 0.5) is 0 Å². The minimum atomic E-state index is -0.963. The number of aliphatic hydroxyl groups excluding tert-OH is 1. The third-order valence-electron chi connectivity index (χ3n) is 2.99. The summed E-state index contributed by atoms with van der Waals surface area (Å²) >= 11 is 0. The predicted octanol–water partition coefficient (Wildman–Crippen LogP) is 1.19. The molecule has 0 saturated carbocycles. The molecule has 0 fully saturated rings. The van der Waals surface area contributed by atoms with Crippen LogP contribution in [0.15, 0.2) is 18.2 Å². The number of hydrogen-bond acceptors (Lipinski definition) is 5. The number of aliphatic carboxylic acids is 1. The maximum Gasteiger partial charge on any atom is 0.305 e. The number of carbonyl (C=O) groups is 1. The molecular formula is C14H21NO5. The van der Waals surface area contributed by atoms with Crippen molar-refractivity contribution in [2.75, 3.05) is 20.8 Å². The van der Waals surface area contributed by atoms with Gasteiger partial charge in [0.2, 0.25) is 0 Å². The second kappa shape index (κ2) is 7.72. The molecule has 0 aromatic heterocycles. The first-order chi connectivity index (χ1) is 9.53. The van der Waals surface area contributed by atoms with Crippen LogP contribution in [0.5, 0.6) is 11.5 Å². The van der Waals surface area contributed by atoms with Gasteiger partial charge < -0.3 is 25.0 Å². The van der Waals surface area contributed by atoms with E-state index in [1.165, 1.54) is 14.2 Å². The quantitative estimate of drug-likeness (QED) is 0.664. The second-order valence-corrected chi connectivity index (χ2v) is 4.32. The van der Waals surface area contributed by atoms with Crippen molar-refractivity contribution in [1.82, 2.24) is 5.32 Å².